The monoisotopic (exact) mass is 287 g/mol. The van der Waals surface area contributed by atoms with E-state index in [0.717, 1.165) is 18.7 Å². The van der Waals surface area contributed by atoms with Crippen molar-refractivity contribution >= 4 is 11.7 Å². The van der Waals surface area contributed by atoms with E-state index in [4.69, 9.17) is 0 Å². The van der Waals surface area contributed by atoms with Crippen LogP contribution in [-0.4, -0.2) is 17.5 Å². The van der Waals surface area contributed by atoms with Gasteiger partial charge in [-0.1, -0.05) is 64.7 Å². The van der Waals surface area contributed by atoms with Crippen LogP contribution >= 0.6 is 0 Å². The van der Waals surface area contributed by atoms with Gasteiger partial charge in [-0.2, -0.15) is 4.99 Å². The first-order chi connectivity index (χ1) is 10.4. The predicted molar refractivity (Wildman–Crippen MR) is 90.5 cm³/mol. The molecule has 3 nitrogen and oxygen atoms in total. The van der Waals surface area contributed by atoms with Crippen LogP contribution in [0.4, 0.5) is 5.69 Å². The van der Waals surface area contributed by atoms with Crippen LogP contribution in [0.2, 0.25) is 0 Å². The molecule has 0 unspecified atom stereocenters. The molecular formula is C18H29N3. The molecular weight excluding hydrogens is 258 g/mol. The van der Waals surface area contributed by atoms with Gasteiger partial charge in [0.25, 0.3) is 0 Å². The van der Waals surface area contributed by atoms with Gasteiger partial charge in [0, 0.05) is 12.7 Å². The largest absolute Gasteiger partial charge is 0.262 e. The lowest BCUT2D eigenvalue weighted by Gasteiger charge is -2.00. The third-order valence-corrected chi connectivity index (χ3v) is 3.52. The van der Waals surface area contributed by atoms with Crippen LogP contribution < -0.4 is 0 Å². The van der Waals surface area contributed by atoms with Crippen molar-refractivity contribution in [1.82, 2.24) is 4.98 Å². The molecule has 0 aliphatic heterocycles. The van der Waals surface area contributed by atoms with E-state index in [-0.39, 0.29) is 0 Å². The average Bonchev–Trinajstić information content (AvgIpc) is 2.53. The zero-order chi connectivity index (χ0) is 15.0. The second kappa shape index (κ2) is 13.5. The molecule has 0 bridgehead atoms. The lowest BCUT2D eigenvalue weighted by atomic mass is 10.1. The number of unbranched alkanes of at least 4 members (excludes halogenated alkanes) is 9. The van der Waals surface area contributed by atoms with Crippen molar-refractivity contribution in [2.75, 3.05) is 6.54 Å². The van der Waals surface area contributed by atoms with Crippen molar-refractivity contribution in [1.29, 1.82) is 0 Å². The van der Waals surface area contributed by atoms with E-state index < -0.39 is 0 Å². The highest BCUT2D eigenvalue weighted by Crippen LogP contribution is 2.10. The molecule has 0 aliphatic rings. The molecule has 1 rings (SSSR count). The molecule has 0 aromatic carbocycles. The molecule has 1 heterocycles. The van der Waals surface area contributed by atoms with Crippen LogP contribution in [0.15, 0.2) is 34.5 Å². The lowest BCUT2D eigenvalue weighted by Crippen LogP contribution is -1.84. The Morgan fingerprint density at radius 2 is 1.62 bits per heavy atom. The highest BCUT2D eigenvalue weighted by molar-refractivity contribution is 5.50. The van der Waals surface area contributed by atoms with E-state index in [9.17, 15) is 0 Å². The molecule has 0 radical (unpaired) electrons. The van der Waals surface area contributed by atoms with Gasteiger partial charge in [0.05, 0.1) is 17.9 Å². The average molecular weight is 287 g/mol. The third-order valence-electron chi connectivity index (χ3n) is 3.52. The summed E-state index contributed by atoms with van der Waals surface area (Å²) in [7, 11) is 0. The van der Waals surface area contributed by atoms with E-state index in [2.05, 4.69) is 27.9 Å². The van der Waals surface area contributed by atoms with Gasteiger partial charge in [0.1, 0.15) is 0 Å². The molecule has 116 valence electrons. The molecule has 0 amide bonds. The van der Waals surface area contributed by atoms with Gasteiger partial charge in [0.2, 0.25) is 0 Å². The van der Waals surface area contributed by atoms with Gasteiger partial charge in [-0.25, -0.2) is 4.99 Å². The van der Waals surface area contributed by atoms with E-state index >= 15 is 0 Å². The van der Waals surface area contributed by atoms with Crippen molar-refractivity contribution in [2.24, 2.45) is 9.98 Å². The molecule has 0 fully saturated rings. The Morgan fingerprint density at radius 1 is 0.952 bits per heavy atom. The second-order valence-corrected chi connectivity index (χ2v) is 5.49. The van der Waals surface area contributed by atoms with Crippen molar-refractivity contribution in [3.8, 4) is 0 Å². The maximum Gasteiger partial charge on any atom is 0.0949 e. The number of rotatable bonds is 12. The van der Waals surface area contributed by atoms with Gasteiger partial charge < -0.3 is 0 Å². The summed E-state index contributed by atoms with van der Waals surface area (Å²) in [5, 5.41) is 0. The fraction of sp³-hybridized carbons (Fsp3) is 0.667. The maximum absolute atomic E-state index is 4.19. The fourth-order valence-corrected chi connectivity index (χ4v) is 2.24. The summed E-state index contributed by atoms with van der Waals surface area (Å²) in [6, 6.07) is 6.51. The smallest absolute Gasteiger partial charge is 0.0949 e. The topological polar surface area (TPSA) is 37.6 Å². The summed E-state index contributed by atoms with van der Waals surface area (Å²) in [5.74, 6) is 0. The van der Waals surface area contributed by atoms with E-state index in [1.54, 1.807) is 12.4 Å². The number of pyridine rings is 1. The van der Waals surface area contributed by atoms with Crippen LogP contribution in [0, 0.1) is 0 Å². The van der Waals surface area contributed by atoms with Crippen molar-refractivity contribution < 1.29 is 0 Å². The Kier molecular flexibility index (Phi) is 11.3. The molecule has 1 aromatic heterocycles. The van der Waals surface area contributed by atoms with Crippen LogP contribution in [0.3, 0.4) is 0 Å². The second-order valence-electron chi connectivity index (χ2n) is 5.49. The highest BCUT2D eigenvalue weighted by atomic mass is 14.8. The molecule has 0 saturated heterocycles. The molecule has 0 atom stereocenters. The zero-order valence-electron chi connectivity index (χ0n) is 13.4. The Bertz CT molecular complexity index is 394. The summed E-state index contributed by atoms with van der Waals surface area (Å²) in [4.78, 5) is 12.3. The van der Waals surface area contributed by atoms with E-state index in [1.165, 1.54) is 57.8 Å². The predicted octanol–water partition coefficient (Wildman–Crippen LogP) is 5.81. The first kappa shape index (κ1) is 17.6. The molecule has 0 aliphatic carbocycles. The first-order valence-electron chi connectivity index (χ1n) is 8.45. The minimum atomic E-state index is 0.810. The van der Waals surface area contributed by atoms with E-state index in [0.29, 0.717) is 0 Å². The van der Waals surface area contributed by atoms with Crippen molar-refractivity contribution in [3.05, 3.63) is 24.5 Å². The van der Waals surface area contributed by atoms with E-state index in [1.807, 2.05) is 12.1 Å². The van der Waals surface area contributed by atoms with Gasteiger partial charge in [-0.05, 0) is 18.6 Å². The number of aromatic nitrogens is 1. The number of nitrogens with zero attached hydrogens (tertiary/aromatic N) is 3. The van der Waals surface area contributed by atoms with Crippen LogP contribution in [0.5, 0.6) is 0 Å². The molecule has 0 spiro atoms. The molecule has 3 heteroatoms. The summed E-state index contributed by atoms with van der Waals surface area (Å²) in [6.45, 7) is 3.10. The standard InChI is InChI=1S/C18H29N3/c1-2-3-4-5-6-7-8-9-10-11-14-20-17-21-18-13-12-15-19-16-18/h12-13,15-16H,2-11,14H2,1H3. The molecule has 21 heavy (non-hydrogen) atoms. The number of hydrogen-bond acceptors (Lipinski definition) is 3. The summed E-state index contributed by atoms with van der Waals surface area (Å²) in [6.07, 6.45) is 17.0. The van der Waals surface area contributed by atoms with Crippen molar-refractivity contribution in [3.63, 3.8) is 0 Å². The van der Waals surface area contributed by atoms with Crippen molar-refractivity contribution in [2.45, 2.75) is 71.1 Å². The fourth-order valence-electron chi connectivity index (χ4n) is 2.24. The Balaban J connectivity index is 1.89. The molecule has 1 aromatic rings. The highest BCUT2D eigenvalue weighted by Gasteiger charge is 1.92. The first-order valence-corrected chi connectivity index (χ1v) is 8.45. The lowest BCUT2D eigenvalue weighted by molar-refractivity contribution is 0.558. The third kappa shape index (κ3) is 10.9. The van der Waals surface area contributed by atoms with Gasteiger partial charge in [0.15, 0.2) is 0 Å². The van der Waals surface area contributed by atoms with Crippen LogP contribution in [-0.2, 0) is 0 Å². The minimum absolute atomic E-state index is 0.810. The summed E-state index contributed by atoms with van der Waals surface area (Å²) < 4.78 is 0. The number of hydrogen-bond donors (Lipinski definition) is 0. The SMILES string of the molecule is CCCCCCCCCCCCN=C=Nc1cccnc1. The molecule has 0 N–H and O–H groups in total. The minimum Gasteiger partial charge on any atom is -0.262 e. The zero-order valence-corrected chi connectivity index (χ0v) is 13.4. The van der Waals surface area contributed by atoms with Gasteiger partial charge in [-0.3, -0.25) is 4.98 Å². The summed E-state index contributed by atoms with van der Waals surface area (Å²) >= 11 is 0. The quantitative estimate of drug-likeness (QED) is 0.353. The number of aliphatic imine (C=N–C) groups is 2. The van der Waals surface area contributed by atoms with Gasteiger partial charge >= 0.3 is 0 Å². The summed E-state index contributed by atoms with van der Waals surface area (Å²) in [5.41, 5.74) is 0.810. The van der Waals surface area contributed by atoms with Crippen LogP contribution in [0.1, 0.15) is 71.1 Å². The van der Waals surface area contributed by atoms with Gasteiger partial charge in [-0.15, -0.1) is 0 Å². The normalized spacial score (nSPS) is 10.1. The Hall–Kier alpha value is -1.47. The maximum atomic E-state index is 4.19. The Labute approximate surface area is 129 Å². The molecule has 0 saturated carbocycles. The Morgan fingerprint density at radius 3 is 2.24 bits per heavy atom. The van der Waals surface area contributed by atoms with Crippen LogP contribution in [0.25, 0.3) is 0 Å².